The van der Waals surface area contributed by atoms with Gasteiger partial charge in [-0.3, -0.25) is 4.99 Å². The normalized spacial score (nSPS) is 20.1. The van der Waals surface area contributed by atoms with Crippen LogP contribution in [0.25, 0.3) is 0 Å². The zero-order chi connectivity index (χ0) is 7.94. The summed E-state index contributed by atoms with van der Waals surface area (Å²) in [5.74, 6) is 1.21. The molecule has 1 saturated carbocycles. The maximum absolute atomic E-state index is 4.28. The average Bonchev–Trinajstić information content (AvgIpc) is 2.50. The van der Waals surface area contributed by atoms with Gasteiger partial charge in [0.1, 0.15) is 0 Å². The SMILES string of the molecule is CCCCN=C[C]1[CH][CH][CH][CH]1. The Morgan fingerprint density at radius 1 is 1.36 bits per heavy atom. The van der Waals surface area contributed by atoms with Crippen LogP contribution in [0.2, 0.25) is 0 Å². The predicted octanol–water partition coefficient (Wildman–Crippen LogP) is 2.26. The molecule has 1 rings (SSSR count). The highest BCUT2D eigenvalue weighted by atomic mass is 14.7. The van der Waals surface area contributed by atoms with Gasteiger partial charge in [0.05, 0.1) is 0 Å². The van der Waals surface area contributed by atoms with Crippen molar-refractivity contribution >= 4 is 6.21 Å². The van der Waals surface area contributed by atoms with Gasteiger partial charge < -0.3 is 0 Å². The van der Waals surface area contributed by atoms with Crippen molar-refractivity contribution < 1.29 is 0 Å². The molecule has 0 bridgehead atoms. The molecule has 0 heterocycles. The van der Waals surface area contributed by atoms with Crippen molar-refractivity contribution in [3.05, 3.63) is 31.6 Å². The predicted molar refractivity (Wildman–Crippen MR) is 48.7 cm³/mol. The molecule has 0 aromatic heterocycles. The number of aliphatic imine (C=N–C) groups is 1. The Morgan fingerprint density at radius 3 is 2.73 bits per heavy atom. The first-order valence-corrected chi connectivity index (χ1v) is 4.15. The molecule has 1 aliphatic carbocycles. The van der Waals surface area contributed by atoms with Crippen molar-refractivity contribution in [2.75, 3.05) is 6.54 Å². The Morgan fingerprint density at radius 2 is 2.09 bits per heavy atom. The quantitative estimate of drug-likeness (QED) is 0.428. The Balaban J connectivity index is 2.03. The van der Waals surface area contributed by atoms with Gasteiger partial charge in [-0.1, -0.05) is 13.3 Å². The van der Waals surface area contributed by atoms with Crippen LogP contribution in [0.3, 0.4) is 0 Å². The molecule has 0 N–H and O–H groups in total. The number of unbranched alkanes of at least 4 members (excludes halogenated alkanes) is 1. The monoisotopic (exact) mass is 148 g/mol. The summed E-state index contributed by atoms with van der Waals surface area (Å²) < 4.78 is 0. The minimum absolute atomic E-state index is 0.960. The molecule has 0 aromatic rings. The lowest BCUT2D eigenvalue weighted by Crippen LogP contribution is -1.93. The van der Waals surface area contributed by atoms with Crippen molar-refractivity contribution in [1.29, 1.82) is 0 Å². The first-order chi connectivity index (χ1) is 5.43. The van der Waals surface area contributed by atoms with Crippen molar-refractivity contribution in [3.63, 3.8) is 0 Å². The van der Waals surface area contributed by atoms with E-state index in [-0.39, 0.29) is 0 Å². The van der Waals surface area contributed by atoms with Crippen LogP contribution in [-0.2, 0) is 0 Å². The number of hydrogen-bond donors (Lipinski definition) is 0. The van der Waals surface area contributed by atoms with E-state index >= 15 is 0 Å². The third-order valence-electron chi connectivity index (χ3n) is 1.57. The summed E-state index contributed by atoms with van der Waals surface area (Å²) in [6, 6.07) is 0. The lowest BCUT2D eigenvalue weighted by Gasteiger charge is -1.96. The minimum atomic E-state index is 0.960. The van der Waals surface area contributed by atoms with Gasteiger partial charge in [0.2, 0.25) is 0 Å². The van der Waals surface area contributed by atoms with Gasteiger partial charge in [0.15, 0.2) is 0 Å². The third kappa shape index (κ3) is 3.54. The fraction of sp³-hybridized carbons (Fsp3) is 0.400. The highest BCUT2D eigenvalue weighted by Crippen LogP contribution is 2.20. The summed E-state index contributed by atoms with van der Waals surface area (Å²) in [4.78, 5) is 4.28. The minimum Gasteiger partial charge on any atom is -0.297 e. The molecule has 1 nitrogen and oxygen atoms in total. The van der Waals surface area contributed by atoms with E-state index in [1.807, 2.05) is 19.1 Å². The lowest BCUT2D eigenvalue weighted by molar-refractivity contribution is 0.809. The molecule has 1 fully saturated rings. The molecule has 0 unspecified atom stereocenters. The van der Waals surface area contributed by atoms with Crippen LogP contribution < -0.4 is 0 Å². The van der Waals surface area contributed by atoms with Crippen molar-refractivity contribution in [2.45, 2.75) is 19.8 Å². The summed E-state index contributed by atoms with van der Waals surface area (Å²) in [7, 11) is 0. The Kier molecular flexibility index (Phi) is 4.25. The highest BCUT2D eigenvalue weighted by molar-refractivity contribution is 5.82. The standard InChI is InChI=1S/C10H14N/c1-2-3-8-11-9-10-6-4-5-7-10/h4-7,9H,2-3,8H2,1H3. The molecular weight excluding hydrogens is 134 g/mol. The lowest BCUT2D eigenvalue weighted by atomic mass is 10.1. The van der Waals surface area contributed by atoms with Crippen LogP contribution in [0, 0.1) is 31.6 Å². The van der Waals surface area contributed by atoms with E-state index in [9.17, 15) is 0 Å². The van der Waals surface area contributed by atoms with E-state index in [4.69, 9.17) is 0 Å². The molecule has 0 spiro atoms. The van der Waals surface area contributed by atoms with Gasteiger partial charge in [-0.2, -0.15) is 0 Å². The summed E-state index contributed by atoms with van der Waals surface area (Å²) in [5.41, 5.74) is 0. The molecule has 1 heteroatoms. The van der Waals surface area contributed by atoms with Crippen LogP contribution in [0.1, 0.15) is 19.8 Å². The molecule has 0 aromatic carbocycles. The highest BCUT2D eigenvalue weighted by Gasteiger charge is 2.13. The van der Waals surface area contributed by atoms with E-state index in [1.54, 1.807) is 0 Å². The third-order valence-corrected chi connectivity index (χ3v) is 1.57. The maximum Gasteiger partial charge on any atom is 0.0385 e. The Hall–Kier alpha value is -0.330. The van der Waals surface area contributed by atoms with Gasteiger partial charge in [-0.25, -0.2) is 0 Å². The van der Waals surface area contributed by atoms with E-state index in [0.717, 1.165) is 6.54 Å². The van der Waals surface area contributed by atoms with Crippen LogP contribution in [0.5, 0.6) is 0 Å². The van der Waals surface area contributed by atoms with Gasteiger partial charge in [0, 0.05) is 18.7 Å². The second kappa shape index (κ2) is 5.34. The van der Waals surface area contributed by atoms with Gasteiger partial charge >= 0.3 is 0 Å². The zero-order valence-corrected chi connectivity index (χ0v) is 6.96. The summed E-state index contributed by atoms with van der Waals surface area (Å²) >= 11 is 0. The van der Waals surface area contributed by atoms with E-state index in [2.05, 4.69) is 24.8 Å². The van der Waals surface area contributed by atoms with Gasteiger partial charge in [0.25, 0.3) is 0 Å². The fourth-order valence-corrected chi connectivity index (χ4v) is 0.894. The average molecular weight is 148 g/mol. The summed E-state index contributed by atoms with van der Waals surface area (Å²) in [6.07, 6.45) is 12.5. The van der Waals surface area contributed by atoms with Crippen LogP contribution >= 0.6 is 0 Å². The molecule has 59 valence electrons. The number of nitrogens with zero attached hydrogens (tertiary/aromatic N) is 1. The van der Waals surface area contributed by atoms with Crippen LogP contribution in [0.15, 0.2) is 4.99 Å². The maximum atomic E-state index is 4.28. The first kappa shape index (κ1) is 8.76. The van der Waals surface area contributed by atoms with Gasteiger partial charge in [-0.15, -0.1) is 0 Å². The smallest absolute Gasteiger partial charge is 0.0385 e. The molecule has 0 saturated heterocycles. The molecule has 1 aliphatic rings. The Bertz CT molecular complexity index is 112. The van der Waals surface area contributed by atoms with Crippen molar-refractivity contribution in [3.8, 4) is 0 Å². The molecule has 0 aliphatic heterocycles. The van der Waals surface area contributed by atoms with E-state index in [1.165, 1.54) is 18.8 Å². The fourth-order valence-electron chi connectivity index (χ4n) is 0.894. The summed E-state index contributed by atoms with van der Waals surface area (Å²) in [6.45, 7) is 3.14. The largest absolute Gasteiger partial charge is 0.297 e. The second-order valence-corrected chi connectivity index (χ2v) is 2.61. The zero-order valence-electron chi connectivity index (χ0n) is 6.96. The van der Waals surface area contributed by atoms with Crippen LogP contribution in [0.4, 0.5) is 0 Å². The number of rotatable bonds is 4. The molecule has 0 amide bonds. The molecule has 0 atom stereocenters. The second-order valence-electron chi connectivity index (χ2n) is 2.61. The van der Waals surface area contributed by atoms with Crippen molar-refractivity contribution in [1.82, 2.24) is 0 Å². The van der Waals surface area contributed by atoms with E-state index in [0.29, 0.717) is 0 Å². The van der Waals surface area contributed by atoms with Crippen molar-refractivity contribution in [2.24, 2.45) is 4.99 Å². The molecule has 11 heavy (non-hydrogen) atoms. The van der Waals surface area contributed by atoms with Gasteiger partial charge in [-0.05, 0) is 32.1 Å². The number of hydrogen-bond acceptors (Lipinski definition) is 1. The summed E-state index contributed by atoms with van der Waals surface area (Å²) in [5, 5.41) is 0. The van der Waals surface area contributed by atoms with E-state index < -0.39 is 0 Å². The first-order valence-electron chi connectivity index (χ1n) is 4.15. The molecule has 5 radical (unpaired) electrons. The topological polar surface area (TPSA) is 12.4 Å². The van der Waals surface area contributed by atoms with Crippen LogP contribution in [-0.4, -0.2) is 12.8 Å². The molecular formula is C10H14N. The Labute approximate surface area is 69.9 Å².